The Kier molecular flexibility index (Phi) is 5.07. The molecule has 1 N–H and O–H groups in total. The van der Waals surface area contributed by atoms with E-state index in [4.69, 9.17) is 11.6 Å². The highest BCUT2D eigenvalue weighted by atomic mass is 35.5. The Morgan fingerprint density at radius 2 is 2.00 bits per heavy atom. The molecule has 0 aromatic heterocycles. The van der Waals surface area contributed by atoms with E-state index in [0.29, 0.717) is 23.0 Å². The molecule has 0 saturated carbocycles. The Morgan fingerprint density at radius 3 is 2.65 bits per heavy atom. The van der Waals surface area contributed by atoms with Crippen LogP contribution < -0.4 is 4.72 Å². The Labute approximate surface area is 126 Å². The van der Waals surface area contributed by atoms with Crippen LogP contribution in [-0.4, -0.2) is 40.0 Å². The second-order valence-corrected chi connectivity index (χ2v) is 7.60. The van der Waals surface area contributed by atoms with E-state index in [-0.39, 0.29) is 4.90 Å². The lowest BCUT2D eigenvalue weighted by Gasteiger charge is -2.28. The van der Waals surface area contributed by atoms with Crippen molar-refractivity contribution in [2.45, 2.75) is 24.7 Å². The number of nitrogens with one attached hydrogen (secondary N) is 1. The first-order valence-electron chi connectivity index (χ1n) is 6.83. The van der Waals surface area contributed by atoms with Crippen molar-refractivity contribution >= 4 is 21.6 Å². The van der Waals surface area contributed by atoms with E-state index >= 15 is 0 Å². The van der Waals surface area contributed by atoms with E-state index in [1.54, 1.807) is 25.1 Å². The molecule has 0 bridgehead atoms. The van der Waals surface area contributed by atoms with Crippen molar-refractivity contribution in [3.8, 4) is 0 Å². The van der Waals surface area contributed by atoms with Crippen LogP contribution in [0, 0.1) is 12.8 Å². The van der Waals surface area contributed by atoms with E-state index in [1.165, 1.54) is 0 Å². The smallest absolute Gasteiger partial charge is 0.240 e. The van der Waals surface area contributed by atoms with Gasteiger partial charge in [-0.1, -0.05) is 17.7 Å². The van der Waals surface area contributed by atoms with Crippen LogP contribution in [0.15, 0.2) is 23.1 Å². The number of nitrogens with zero attached hydrogens (tertiary/aromatic N) is 1. The highest BCUT2D eigenvalue weighted by molar-refractivity contribution is 7.89. The van der Waals surface area contributed by atoms with Gasteiger partial charge in [0.15, 0.2) is 0 Å². The van der Waals surface area contributed by atoms with Gasteiger partial charge in [0, 0.05) is 11.6 Å². The molecule has 0 amide bonds. The van der Waals surface area contributed by atoms with Gasteiger partial charge in [0.05, 0.1) is 4.90 Å². The number of hydrogen-bond donors (Lipinski definition) is 1. The Bertz CT molecular complexity index is 567. The summed E-state index contributed by atoms with van der Waals surface area (Å²) < 4.78 is 27.4. The lowest BCUT2D eigenvalue weighted by molar-refractivity contribution is 0.220. The van der Waals surface area contributed by atoms with Crippen LogP contribution in [0.5, 0.6) is 0 Å². The monoisotopic (exact) mass is 316 g/mol. The first-order chi connectivity index (χ1) is 9.40. The van der Waals surface area contributed by atoms with Gasteiger partial charge in [-0.05, 0) is 63.5 Å². The van der Waals surface area contributed by atoms with Crippen LogP contribution in [-0.2, 0) is 10.0 Å². The van der Waals surface area contributed by atoms with E-state index in [2.05, 4.69) is 16.7 Å². The number of sulfonamides is 1. The number of halogens is 1. The SMILES string of the molecule is Cc1c(Cl)cccc1S(=O)(=O)NCC1CCN(C)CC1. The van der Waals surface area contributed by atoms with Gasteiger partial charge in [0.2, 0.25) is 10.0 Å². The zero-order chi connectivity index (χ0) is 14.8. The third-order valence-corrected chi connectivity index (χ3v) is 5.89. The van der Waals surface area contributed by atoms with E-state index in [0.717, 1.165) is 25.9 Å². The summed E-state index contributed by atoms with van der Waals surface area (Å²) in [5, 5.41) is 0.479. The minimum atomic E-state index is -3.47. The van der Waals surface area contributed by atoms with Crippen molar-refractivity contribution in [1.29, 1.82) is 0 Å². The van der Waals surface area contributed by atoms with Crippen molar-refractivity contribution in [2.75, 3.05) is 26.7 Å². The number of rotatable bonds is 4. The molecule has 112 valence electrons. The van der Waals surface area contributed by atoms with Gasteiger partial charge in [-0.15, -0.1) is 0 Å². The molecule has 6 heteroatoms. The Hall–Kier alpha value is -0.620. The number of likely N-dealkylation sites (tertiary alicyclic amines) is 1. The molecule has 1 fully saturated rings. The van der Waals surface area contributed by atoms with Crippen molar-refractivity contribution in [2.24, 2.45) is 5.92 Å². The first-order valence-corrected chi connectivity index (χ1v) is 8.69. The first kappa shape index (κ1) is 15.8. The average molecular weight is 317 g/mol. The summed E-state index contributed by atoms with van der Waals surface area (Å²) in [7, 11) is -1.38. The van der Waals surface area contributed by atoms with Crippen molar-refractivity contribution in [3.05, 3.63) is 28.8 Å². The van der Waals surface area contributed by atoms with Gasteiger partial charge in [0.1, 0.15) is 0 Å². The number of piperidine rings is 1. The molecule has 1 aliphatic heterocycles. The minimum absolute atomic E-state index is 0.276. The molecule has 0 unspecified atom stereocenters. The van der Waals surface area contributed by atoms with Crippen LogP contribution in [0.1, 0.15) is 18.4 Å². The second-order valence-electron chi connectivity index (χ2n) is 5.46. The summed E-state index contributed by atoms with van der Waals surface area (Å²) in [5.74, 6) is 0.417. The summed E-state index contributed by atoms with van der Waals surface area (Å²) in [4.78, 5) is 2.55. The van der Waals surface area contributed by atoms with E-state index in [1.807, 2.05) is 0 Å². The third kappa shape index (κ3) is 3.73. The molecule has 0 atom stereocenters. The molecule has 1 heterocycles. The molecular weight excluding hydrogens is 296 g/mol. The van der Waals surface area contributed by atoms with Gasteiger partial charge >= 0.3 is 0 Å². The molecule has 0 aliphatic carbocycles. The van der Waals surface area contributed by atoms with E-state index in [9.17, 15) is 8.42 Å². The molecule has 0 radical (unpaired) electrons. The van der Waals surface area contributed by atoms with Crippen LogP contribution in [0.3, 0.4) is 0 Å². The highest BCUT2D eigenvalue weighted by Crippen LogP contribution is 2.23. The molecule has 20 heavy (non-hydrogen) atoms. The van der Waals surface area contributed by atoms with Crippen LogP contribution in [0.25, 0.3) is 0 Å². The molecule has 1 saturated heterocycles. The predicted molar refractivity (Wildman–Crippen MR) is 81.6 cm³/mol. The summed E-state index contributed by atoms with van der Waals surface area (Å²) in [5.41, 5.74) is 0.602. The zero-order valence-electron chi connectivity index (χ0n) is 11.9. The standard InChI is InChI=1S/C14H21ClN2O2S/c1-11-13(15)4-3-5-14(11)20(18,19)16-10-12-6-8-17(2)9-7-12/h3-5,12,16H,6-10H2,1-2H3. The fourth-order valence-electron chi connectivity index (χ4n) is 2.45. The van der Waals surface area contributed by atoms with Crippen molar-refractivity contribution in [3.63, 3.8) is 0 Å². The van der Waals surface area contributed by atoms with Gasteiger partial charge in [0.25, 0.3) is 0 Å². The maximum atomic E-state index is 12.3. The van der Waals surface area contributed by atoms with E-state index < -0.39 is 10.0 Å². The fourth-order valence-corrected chi connectivity index (χ4v) is 4.06. The molecule has 1 aromatic rings. The lowest BCUT2D eigenvalue weighted by Crippen LogP contribution is -2.37. The molecule has 2 rings (SSSR count). The van der Waals surface area contributed by atoms with Crippen molar-refractivity contribution < 1.29 is 8.42 Å². The summed E-state index contributed by atoms with van der Waals surface area (Å²) in [6.45, 7) is 4.29. The Morgan fingerprint density at radius 1 is 1.35 bits per heavy atom. The molecular formula is C14H21ClN2O2S. The molecule has 0 spiro atoms. The largest absolute Gasteiger partial charge is 0.306 e. The van der Waals surface area contributed by atoms with Gasteiger partial charge in [-0.3, -0.25) is 0 Å². The molecule has 1 aliphatic rings. The van der Waals surface area contributed by atoms with Crippen LogP contribution >= 0.6 is 11.6 Å². The minimum Gasteiger partial charge on any atom is -0.306 e. The molecule has 4 nitrogen and oxygen atoms in total. The van der Waals surface area contributed by atoms with Gasteiger partial charge < -0.3 is 4.90 Å². The second kappa shape index (κ2) is 6.43. The third-order valence-electron chi connectivity index (χ3n) is 3.91. The number of hydrogen-bond acceptors (Lipinski definition) is 3. The van der Waals surface area contributed by atoms with Gasteiger partial charge in [-0.2, -0.15) is 0 Å². The average Bonchev–Trinajstić information content (AvgIpc) is 2.41. The predicted octanol–water partition coefficient (Wildman–Crippen LogP) is 2.27. The summed E-state index contributed by atoms with van der Waals surface area (Å²) >= 11 is 5.99. The highest BCUT2D eigenvalue weighted by Gasteiger charge is 2.22. The van der Waals surface area contributed by atoms with Gasteiger partial charge in [-0.25, -0.2) is 13.1 Å². The van der Waals surface area contributed by atoms with Crippen LogP contribution in [0.4, 0.5) is 0 Å². The lowest BCUT2D eigenvalue weighted by atomic mass is 9.98. The fraction of sp³-hybridized carbons (Fsp3) is 0.571. The number of benzene rings is 1. The quantitative estimate of drug-likeness (QED) is 0.927. The topological polar surface area (TPSA) is 49.4 Å². The summed E-state index contributed by atoms with van der Waals surface area (Å²) in [6.07, 6.45) is 2.07. The zero-order valence-corrected chi connectivity index (χ0v) is 13.5. The van der Waals surface area contributed by atoms with Crippen molar-refractivity contribution in [1.82, 2.24) is 9.62 Å². The molecule has 1 aromatic carbocycles. The maximum absolute atomic E-state index is 12.3. The Balaban J connectivity index is 2.03. The maximum Gasteiger partial charge on any atom is 0.240 e. The van der Waals surface area contributed by atoms with Crippen LogP contribution in [0.2, 0.25) is 5.02 Å². The summed E-state index contributed by atoms with van der Waals surface area (Å²) in [6, 6.07) is 4.96. The normalized spacial score (nSPS) is 18.4.